The summed E-state index contributed by atoms with van der Waals surface area (Å²) in [6, 6.07) is 6.50. The Balaban J connectivity index is 3.08. The molecular weight excluding hydrogens is 298 g/mol. The topological polar surface area (TPSA) is 49.4 Å². The van der Waals surface area contributed by atoms with E-state index in [1.807, 2.05) is 19.9 Å². The van der Waals surface area contributed by atoms with E-state index in [1.165, 1.54) is 6.07 Å². The predicted molar refractivity (Wildman–Crippen MR) is 79.0 cm³/mol. The van der Waals surface area contributed by atoms with Gasteiger partial charge in [-0.25, -0.2) is 17.2 Å². The lowest BCUT2D eigenvalue weighted by Gasteiger charge is -2.20. The van der Waals surface area contributed by atoms with Crippen LogP contribution in [0.25, 0.3) is 0 Å². The van der Waals surface area contributed by atoms with Gasteiger partial charge in [-0.2, -0.15) is 4.31 Å². The van der Waals surface area contributed by atoms with Crippen molar-refractivity contribution >= 4 is 10.0 Å². The second kappa shape index (κ2) is 7.82. The molecule has 0 saturated carbocycles. The molecule has 0 aliphatic carbocycles. The van der Waals surface area contributed by atoms with Gasteiger partial charge in [-0.15, -0.1) is 0 Å². The lowest BCUT2D eigenvalue weighted by atomic mass is 10.0. The zero-order valence-electron chi connectivity index (χ0n) is 12.5. The molecule has 0 aromatic heterocycles. The smallest absolute Gasteiger partial charge is 0.252 e. The normalized spacial score (nSPS) is 13.9. The minimum Gasteiger partial charge on any atom is -0.310 e. The van der Waals surface area contributed by atoms with Crippen molar-refractivity contribution in [3.8, 4) is 0 Å². The van der Waals surface area contributed by atoms with Crippen molar-refractivity contribution in [2.75, 3.05) is 20.1 Å². The third kappa shape index (κ3) is 4.72. The fraction of sp³-hybridized carbons (Fsp3) is 0.571. The van der Waals surface area contributed by atoms with Gasteiger partial charge in [0.2, 0.25) is 10.0 Å². The molecule has 0 bridgehead atoms. The number of benzene rings is 1. The fourth-order valence-electron chi connectivity index (χ4n) is 2.11. The van der Waals surface area contributed by atoms with E-state index in [9.17, 15) is 17.2 Å². The Morgan fingerprint density at radius 1 is 1.29 bits per heavy atom. The largest absolute Gasteiger partial charge is 0.310 e. The molecule has 0 aliphatic rings. The molecule has 1 atom stereocenters. The van der Waals surface area contributed by atoms with Gasteiger partial charge in [0.1, 0.15) is 0 Å². The molecule has 0 saturated heterocycles. The van der Waals surface area contributed by atoms with Crippen LogP contribution in [0.5, 0.6) is 0 Å². The van der Waals surface area contributed by atoms with E-state index in [0.717, 1.165) is 25.6 Å². The van der Waals surface area contributed by atoms with Crippen molar-refractivity contribution in [2.45, 2.75) is 37.6 Å². The minimum absolute atomic E-state index is 0.0412. The maximum Gasteiger partial charge on any atom is 0.252 e. The van der Waals surface area contributed by atoms with Gasteiger partial charge in [-0.1, -0.05) is 26.0 Å². The van der Waals surface area contributed by atoms with Crippen LogP contribution in [0.3, 0.4) is 0 Å². The van der Waals surface area contributed by atoms with E-state index in [4.69, 9.17) is 0 Å². The number of halogens is 2. The summed E-state index contributed by atoms with van der Waals surface area (Å²) in [5.74, 6) is 0. The number of alkyl halides is 2. The summed E-state index contributed by atoms with van der Waals surface area (Å²) in [5, 5.41) is 3.26. The van der Waals surface area contributed by atoms with Crippen LogP contribution < -0.4 is 5.32 Å². The Hall–Kier alpha value is -1.05. The number of rotatable bonds is 8. The van der Waals surface area contributed by atoms with Crippen LogP contribution in [0.1, 0.15) is 31.9 Å². The fourth-order valence-corrected chi connectivity index (χ4v) is 3.31. The SMILES string of the molecule is CCNC(CC)c1cccc(S(=O)(=O)N(C)CC(F)F)c1. The molecule has 0 heterocycles. The monoisotopic (exact) mass is 320 g/mol. The molecule has 0 fully saturated rings. The van der Waals surface area contributed by atoms with Gasteiger partial charge in [0, 0.05) is 13.1 Å². The Morgan fingerprint density at radius 3 is 2.48 bits per heavy atom. The molecule has 1 unspecified atom stereocenters. The standard InChI is InChI=1S/C14H22F2N2O2S/c1-4-13(17-5-2)11-7-6-8-12(9-11)21(19,20)18(3)10-14(15)16/h6-9,13-14,17H,4-5,10H2,1-3H3. The molecule has 1 N–H and O–H groups in total. The molecule has 1 rings (SSSR count). The number of nitrogens with zero attached hydrogens (tertiary/aromatic N) is 1. The van der Waals surface area contributed by atoms with Crippen LogP contribution in [0.2, 0.25) is 0 Å². The molecule has 120 valence electrons. The first-order valence-electron chi connectivity index (χ1n) is 6.90. The van der Waals surface area contributed by atoms with Crippen LogP contribution in [0, 0.1) is 0 Å². The van der Waals surface area contributed by atoms with Gasteiger partial charge in [-0.05, 0) is 30.7 Å². The Kier molecular flexibility index (Phi) is 6.70. The first-order chi connectivity index (χ1) is 9.82. The summed E-state index contributed by atoms with van der Waals surface area (Å²) in [7, 11) is -2.73. The quantitative estimate of drug-likeness (QED) is 0.801. The minimum atomic E-state index is -3.89. The van der Waals surface area contributed by atoms with E-state index in [-0.39, 0.29) is 10.9 Å². The molecule has 7 heteroatoms. The van der Waals surface area contributed by atoms with Gasteiger partial charge < -0.3 is 5.32 Å². The van der Waals surface area contributed by atoms with Crippen molar-refractivity contribution < 1.29 is 17.2 Å². The first kappa shape index (κ1) is 18.0. The summed E-state index contributed by atoms with van der Waals surface area (Å²) in [6.45, 7) is 3.93. The lowest BCUT2D eigenvalue weighted by molar-refractivity contribution is 0.126. The van der Waals surface area contributed by atoms with E-state index >= 15 is 0 Å². The highest BCUT2D eigenvalue weighted by Gasteiger charge is 2.24. The molecule has 0 aliphatic heterocycles. The molecule has 0 radical (unpaired) electrons. The van der Waals surface area contributed by atoms with Crippen molar-refractivity contribution in [1.82, 2.24) is 9.62 Å². The van der Waals surface area contributed by atoms with E-state index in [2.05, 4.69) is 5.32 Å². The van der Waals surface area contributed by atoms with Gasteiger partial charge in [0.25, 0.3) is 6.43 Å². The highest BCUT2D eigenvalue weighted by atomic mass is 32.2. The Labute approximate surface area is 125 Å². The molecule has 21 heavy (non-hydrogen) atoms. The molecular formula is C14H22F2N2O2S. The number of hydrogen-bond acceptors (Lipinski definition) is 3. The van der Waals surface area contributed by atoms with Crippen molar-refractivity contribution in [1.29, 1.82) is 0 Å². The Bertz CT molecular complexity index is 550. The summed E-state index contributed by atoms with van der Waals surface area (Å²) >= 11 is 0. The summed E-state index contributed by atoms with van der Waals surface area (Å²) < 4.78 is 50.0. The van der Waals surface area contributed by atoms with Crippen molar-refractivity contribution in [3.05, 3.63) is 29.8 Å². The maximum absolute atomic E-state index is 12.4. The second-order valence-electron chi connectivity index (χ2n) is 4.77. The number of hydrogen-bond donors (Lipinski definition) is 1. The zero-order valence-corrected chi connectivity index (χ0v) is 13.3. The third-order valence-corrected chi connectivity index (χ3v) is 5.04. The maximum atomic E-state index is 12.4. The second-order valence-corrected chi connectivity index (χ2v) is 6.81. The summed E-state index contributed by atoms with van der Waals surface area (Å²) in [5.41, 5.74) is 0.839. The molecule has 1 aromatic carbocycles. The van der Waals surface area contributed by atoms with Gasteiger partial charge >= 0.3 is 0 Å². The average molecular weight is 320 g/mol. The zero-order chi connectivity index (χ0) is 16.0. The van der Waals surface area contributed by atoms with Crippen LogP contribution in [0.4, 0.5) is 8.78 Å². The number of nitrogens with one attached hydrogen (secondary N) is 1. The van der Waals surface area contributed by atoms with Crippen LogP contribution in [-0.2, 0) is 10.0 Å². The third-order valence-electron chi connectivity index (χ3n) is 3.22. The van der Waals surface area contributed by atoms with E-state index in [0.29, 0.717) is 4.31 Å². The van der Waals surface area contributed by atoms with Gasteiger partial charge in [0.15, 0.2) is 0 Å². The first-order valence-corrected chi connectivity index (χ1v) is 8.34. The molecule has 0 spiro atoms. The highest BCUT2D eigenvalue weighted by Crippen LogP contribution is 2.22. The van der Waals surface area contributed by atoms with Gasteiger partial charge in [0.05, 0.1) is 11.4 Å². The van der Waals surface area contributed by atoms with Crippen LogP contribution >= 0.6 is 0 Å². The summed E-state index contributed by atoms with van der Waals surface area (Å²) in [6.07, 6.45) is -1.89. The highest BCUT2D eigenvalue weighted by molar-refractivity contribution is 7.89. The lowest BCUT2D eigenvalue weighted by Crippen LogP contribution is -2.31. The Morgan fingerprint density at radius 2 is 1.95 bits per heavy atom. The van der Waals surface area contributed by atoms with Gasteiger partial charge in [-0.3, -0.25) is 0 Å². The predicted octanol–water partition coefficient (Wildman–Crippen LogP) is 2.63. The van der Waals surface area contributed by atoms with Crippen molar-refractivity contribution in [2.24, 2.45) is 0 Å². The van der Waals surface area contributed by atoms with Crippen LogP contribution in [-0.4, -0.2) is 39.3 Å². The molecule has 1 aromatic rings. The average Bonchev–Trinajstić information content (AvgIpc) is 2.44. The van der Waals surface area contributed by atoms with Crippen LogP contribution in [0.15, 0.2) is 29.2 Å². The van der Waals surface area contributed by atoms with Crippen molar-refractivity contribution in [3.63, 3.8) is 0 Å². The molecule has 4 nitrogen and oxygen atoms in total. The van der Waals surface area contributed by atoms with E-state index in [1.54, 1.807) is 12.1 Å². The van der Waals surface area contributed by atoms with E-state index < -0.39 is 23.0 Å². The summed E-state index contributed by atoms with van der Waals surface area (Å²) in [4.78, 5) is 0.0412. The number of sulfonamides is 1. The molecule has 0 amide bonds.